The lowest BCUT2D eigenvalue weighted by Gasteiger charge is -2.31. The van der Waals surface area contributed by atoms with Crippen molar-refractivity contribution in [2.75, 3.05) is 17.9 Å². The van der Waals surface area contributed by atoms with E-state index in [0.717, 1.165) is 16.0 Å². The second-order valence-corrected chi connectivity index (χ2v) is 11.8. The number of aromatic nitrogens is 3. The van der Waals surface area contributed by atoms with Crippen LogP contribution in [0.1, 0.15) is 34.2 Å². The number of hydrogen-bond acceptors (Lipinski definition) is 7. The number of ether oxygens (including phenoxy) is 1. The molecule has 38 heavy (non-hydrogen) atoms. The summed E-state index contributed by atoms with van der Waals surface area (Å²) in [5.41, 5.74) is 2.12. The molecule has 1 saturated heterocycles. The molecule has 1 fully saturated rings. The Kier molecular flexibility index (Phi) is 7.61. The van der Waals surface area contributed by atoms with Gasteiger partial charge < -0.3 is 10.1 Å². The van der Waals surface area contributed by atoms with E-state index in [0.29, 0.717) is 36.6 Å². The van der Waals surface area contributed by atoms with E-state index in [1.165, 1.54) is 23.5 Å². The number of nitrogens with zero attached hydrogens (tertiary/aromatic N) is 3. The fraction of sp³-hybridized carbons (Fsp3) is 0.292. The van der Waals surface area contributed by atoms with Gasteiger partial charge in [0.15, 0.2) is 5.01 Å². The van der Waals surface area contributed by atoms with Gasteiger partial charge >= 0.3 is 5.76 Å². The van der Waals surface area contributed by atoms with Crippen molar-refractivity contribution in [3.8, 4) is 10.4 Å². The van der Waals surface area contributed by atoms with Gasteiger partial charge in [-0.1, -0.05) is 23.7 Å². The zero-order valence-electron chi connectivity index (χ0n) is 19.7. The molecule has 14 heteroatoms. The number of rotatable bonds is 8. The van der Waals surface area contributed by atoms with Crippen LogP contribution < -0.4 is 10.0 Å². The minimum absolute atomic E-state index is 0.0163. The second-order valence-electron chi connectivity index (χ2n) is 8.70. The highest BCUT2D eigenvalue weighted by Crippen LogP contribution is 2.34. The minimum Gasteiger partial charge on any atom is -0.381 e. The highest BCUT2D eigenvalue weighted by molar-refractivity contribution is 7.93. The van der Waals surface area contributed by atoms with E-state index in [2.05, 4.69) is 15.4 Å². The Morgan fingerprint density at radius 3 is 2.74 bits per heavy atom. The minimum atomic E-state index is -4.84. The zero-order valence-corrected chi connectivity index (χ0v) is 22.1. The van der Waals surface area contributed by atoms with E-state index < -0.39 is 27.7 Å². The van der Waals surface area contributed by atoms with Crippen molar-refractivity contribution in [3.05, 3.63) is 70.6 Å². The molecule has 0 bridgehead atoms. The summed E-state index contributed by atoms with van der Waals surface area (Å²) in [4.78, 5) is 18.4. The fourth-order valence-electron chi connectivity index (χ4n) is 4.38. The molecular formula is C24H22ClF2N5O4S2. The maximum atomic E-state index is 13.3. The smallest absolute Gasteiger partial charge is 0.355 e. The number of anilines is 1. The Labute approximate surface area is 225 Å². The first-order valence-electron chi connectivity index (χ1n) is 11.6. The number of pyridine rings is 1. The highest BCUT2D eigenvalue weighted by Gasteiger charge is 2.29. The van der Waals surface area contributed by atoms with Gasteiger partial charge in [-0.25, -0.2) is 17.9 Å². The van der Waals surface area contributed by atoms with Gasteiger partial charge in [0.25, 0.3) is 15.9 Å². The predicted molar refractivity (Wildman–Crippen MR) is 140 cm³/mol. The van der Waals surface area contributed by atoms with Crippen molar-refractivity contribution in [1.82, 2.24) is 19.9 Å². The molecule has 0 radical (unpaired) electrons. The normalized spacial score (nSPS) is 15.6. The molecule has 9 nitrogen and oxygen atoms in total. The number of nitrogens with one attached hydrogen (secondary N) is 2. The van der Waals surface area contributed by atoms with Crippen LogP contribution in [0.2, 0.25) is 5.02 Å². The number of amides is 1. The summed E-state index contributed by atoms with van der Waals surface area (Å²) >= 11 is 7.34. The second kappa shape index (κ2) is 10.9. The average Bonchev–Trinajstić information content (AvgIpc) is 3.54. The number of hydrogen-bond donors (Lipinski definition) is 2. The number of halogens is 3. The fourth-order valence-corrected chi connectivity index (χ4v) is 5.92. The lowest BCUT2D eigenvalue weighted by Crippen LogP contribution is -2.36. The highest BCUT2D eigenvalue weighted by atomic mass is 35.5. The first-order chi connectivity index (χ1) is 18.2. The standard InChI is InChI=1S/C24H22ClF2N5O4S2/c25-16-4-7-32-19(11-16)18(12-29-32)20-13-28-23(37-20)22(33)30-21(14-5-8-36-9-6-14)15-2-1-3-17(10-15)31-38(34,35)24(26)27/h1-4,7,10-14,21,24,31H,5-6,8-9H2,(H,30,33)/t21-/m1/s1. The van der Waals surface area contributed by atoms with E-state index in [-0.39, 0.29) is 16.6 Å². The van der Waals surface area contributed by atoms with Crippen LogP contribution in [0.3, 0.4) is 0 Å². The summed E-state index contributed by atoms with van der Waals surface area (Å²) in [7, 11) is -4.84. The van der Waals surface area contributed by atoms with E-state index in [1.54, 1.807) is 47.4 Å². The number of carbonyl (C=O) groups excluding carboxylic acids is 1. The Morgan fingerprint density at radius 2 is 1.97 bits per heavy atom. The molecule has 1 aromatic carbocycles. The van der Waals surface area contributed by atoms with Crippen molar-refractivity contribution < 1.29 is 26.7 Å². The summed E-state index contributed by atoms with van der Waals surface area (Å²) in [5.74, 6) is -4.00. The quantitative estimate of drug-likeness (QED) is 0.303. The van der Waals surface area contributed by atoms with Crippen molar-refractivity contribution in [3.63, 3.8) is 0 Å². The lowest BCUT2D eigenvalue weighted by molar-refractivity contribution is 0.0514. The van der Waals surface area contributed by atoms with Crippen LogP contribution >= 0.6 is 22.9 Å². The van der Waals surface area contributed by atoms with Gasteiger partial charge in [-0.15, -0.1) is 11.3 Å². The summed E-state index contributed by atoms with van der Waals surface area (Å²) in [5, 5.41) is 8.12. The van der Waals surface area contributed by atoms with Crippen LogP contribution in [0.15, 0.2) is 55.0 Å². The SMILES string of the molecule is O=C(N[C@@H](c1cccc(NS(=O)(=O)C(F)F)c1)C1CCOCC1)c1ncc(-c2cnn3ccc(Cl)cc23)s1. The largest absolute Gasteiger partial charge is 0.381 e. The van der Waals surface area contributed by atoms with Gasteiger partial charge in [-0.05, 0) is 48.6 Å². The Hall–Kier alpha value is -3.13. The number of thiazole rings is 1. The molecule has 1 amide bonds. The van der Waals surface area contributed by atoms with E-state index in [9.17, 15) is 22.0 Å². The molecule has 0 unspecified atom stereocenters. The lowest BCUT2D eigenvalue weighted by atomic mass is 9.87. The molecule has 1 atom stereocenters. The monoisotopic (exact) mass is 581 g/mol. The Morgan fingerprint density at radius 1 is 1.18 bits per heavy atom. The van der Waals surface area contributed by atoms with Crippen molar-refractivity contribution in [2.45, 2.75) is 24.6 Å². The molecule has 200 valence electrons. The molecule has 1 aliphatic heterocycles. The maximum absolute atomic E-state index is 13.3. The maximum Gasteiger partial charge on any atom is 0.355 e. The van der Waals surface area contributed by atoms with Crippen LogP contribution in [0.5, 0.6) is 0 Å². The van der Waals surface area contributed by atoms with Crippen LogP contribution in [-0.4, -0.2) is 47.9 Å². The first-order valence-corrected chi connectivity index (χ1v) is 14.3. The van der Waals surface area contributed by atoms with Gasteiger partial charge in [0.05, 0.1) is 22.6 Å². The number of alkyl halides is 2. The topological polar surface area (TPSA) is 115 Å². The number of benzene rings is 1. The van der Waals surface area contributed by atoms with E-state index in [4.69, 9.17) is 16.3 Å². The van der Waals surface area contributed by atoms with Crippen LogP contribution in [0.25, 0.3) is 16.0 Å². The summed E-state index contributed by atoms with van der Waals surface area (Å²) < 4.78 is 58.2. The molecule has 5 rings (SSSR count). The molecule has 0 spiro atoms. The van der Waals surface area contributed by atoms with Gasteiger partial charge in [0.2, 0.25) is 0 Å². The molecular weight excluding hydrogens is 560 g/mol. The third kappa shape index (κ3) is 5.65. The van der Waals surface area contributed by atoms with Crippen LogP contribution in [0.4, 0.5) is 14.5 Å². The first kappa shape index (κ1) is 26.5. The zero-order chi connectivity index (χ0) is 26.9. The Balaban J connectivity index is 1.41. The molecule has 0 saturated carbocycles. The molecule has 2 N–H and O–H groups in total. The van der Waals surface area contributed by atoms with Crippen LogP contribution in [0, 0.1) is 5.92 Å². The molecule has 4 heterocycles. The van der Waals surface area contributed by atoms with Crippen molar-refractivity contribution in [2.24, 2.45) is 5.92 Å². The molecule has 1 aliphatic rings. The number of sulfonamides is 1. The Bertz CT molecular complexity index is 1570. The van der Waals surface area contributed by atoms with Crippen molar-refractivity contribution in [1.29, 1.82) is 0 Å². The summed E-state index contributed by atoms with van der Waals surface area (Å²) in [6, 6.07) is 9.08. The summed E-state index contributed by atoms with van der Waals surface area (Å²) in [6.07, 6.45) is 6.33. The van der Waals surface area contributed by atoms with E-state index in [1.807, 2.05) is 4.72 Å². The van der Waals surface area contributed by atoms with Crippen LogP contribution in [-0.2, 0) is 14.8 Å². The molecule has 4 aromatic rings. The third-order valence-corrected chi connectivity index (χ3v) is 8.47. The van der Waals surface area contributed by atoms with Gasteiger partial charge in [0, 0.05) is 41.9 Å². The van der Waals surface area contributed by atoms with Gasteiger partial charge in [-0.3, -0.25) is 9.52 Å². The van der Waals surface area contributed by atoms with Crippen molar-refractivity contribution >= 4 is 50.1 Å². The van der Waals surface area contributed by atoms with Gasteiger partial charge in [-0.2, -0.15) is 13.9 Å². The predicted octanol–water partition coefficient (Wildman–Crippen LogP) is 4.97. The van der Waals surface area contributed by atoms with E-state index >= 15 is 0 Å². The number of carbonyl (C=O) groups is 1. The molecule has 3 aromatic heterocycles. The number of fused-ring (bicyclic) bond motifs is 1. The third-order valence-electron chi connectivity index (χ3n) is 6.21. The van der Waals surface area contributed by atoms with Gasteiger partial charge in [0.1, 0.15) is 0 Å². The molecule has 0 aliphatic carbocycles. The average molecular weight is 582 g/mol. The summed E-state index contributed by atoms with van der Waals surface area (Å²) in [6.45, 7) is 1.01.